The summed E-state index contributed by atoms with van der Waals surface area (Å²) in [5.74, 6) is -0.00596. The Labute approximate surface area is 131 Å². The molecule has 3 aromatic rings. The van der Waals surface area contributed by atoms with Gasteiger partial charge in [0, 0.05) is 5.56 Å². The van der Waals surface area contributed by atoms with Crippen molar-refractivity contribution >= 4 is 0 Å². The first kappa shape index (κ1) is 15.0. The molecule has 0 saturated heterocycles. The fourth-order valence-electron chi connectivity index (χ4n) is 2.12. The Morgan fingerprint density at radius 1 is 1.17 bits per heavy atom. The van der Waals surface area contributed by atoms with Gasteiger partial charge < -0.3 is 9.15 Å². The average Bonchev–Trinajstić information content (AvgIpc) is 2.91. The van der Waals surface area contributed by atoms with Gasteiger partial charge in [0.1, 0.15) is 18.2 Å². The van der Waals surface area contributed by atoms with E-state index in [0.29, 0.717) is 12.2 Å². The summed E-state index contributed by atoms with van der Waals surface area (Å²) in [4.78, 5) is 11.8. The van der Waals surface area contributed by atoms with Crippen LogP contribution in [-0.4, -0.2) is 16.4 Å². The highest BCUT2D eigenvalue weighted by Crippen LogP contribution is 2.17. The number of hydrogen-bond donors (Lipinski definition) is 0. The number of halogens is 1. The summed E-state index contributed by atoms with van der Waals surface area (Å²) in [7, 11) is 0. The summed E-state index contributed by atoms with van der Waals surface area (Å²) in [6.07, 6.45) is 0. The summed E-state index contributed by atoms with van der Waals surface area (Å²) in [6, 6.07) is 13.2. The summed E-state index contributed by atoms with van der Waals surface area (Å²) in [5, 5.41) is 4.10. The Morgan fingerprint density at radius 2 is 1.91 bits per heavy atom. The number of aryl methyl sites for hydroxylation is 1. The maximum Gasteiger partial charge on any atom is 0.437 e. The first-order chi connectivity index (χ1) is 11.1. The average molecular weight is 314 g/mol. The third-order valence-corrected chi connectivity index (χ3v) is 3.35. The fourth-order valence-corrected chi connectivity index (χ4v) is 2.12. The smallest absolute Gasteiger partial charge is 0.437 e. The van der Waals surface area contributed by atoms with Crippen LogP contribution in [0.15, 0.2) is 57.7 Å². The first-order valence-corrected chi connectivity index (χ1v) is 7.16. The van der Waals surface area contributed by atoms with E-state index in [4.69, 9.17) is 9.15 Å². The topological polar surface area (TPSA) is 57.3 Å². The highest BCUT2D eigenvalue weighted by Gasteiger charge is 2.10. The SMILES string of the molecule is Cc1ccccc1OCCn1nc(-c2ccc(F)cc2)oc1=O. The highest BCUT2D eigenvalue weighted by atomic mass is 19.1. The molecule has 0 amide bonds. The fraction of sp³-hybridized carbons (Fsp3) is 0.176. The van der Waals surface area contributed by atoms with E-state index in [1.54, 1.807) is 0 Å². The van der Waals surface area contributed by atoms with Crippen LogP contribution in [0.1, 0.15) is 5.56 Å². The number of ether oxygens (including phenoxy) is 1. The summed E-state index contributed by atoms with van der Waals surface area (Å²) in [5.41, 5.74) is 1.56. The van der Waals surface area contributed by atoms with Gasteiger partial charge in [-0.05, 0) is 42.8 Å². The van der Waals surface area contributed by atoms with E-state index in [1.165, 1.54) is 28.9 Å². The number of hydrogen-bond acceptors (Lipinski definition) is 4. The van der Waals surface area contributed by atoms with Crippen LogP contribution >= 0.6 is 0 Å². The molecular formula is C17H15FN2O3. The molecule has 6 heteroatoms. The van der Waals surface area contributed by atoms with Gasteiger partial charge in [0.05, 0.1) is 6.54 Å². The van der Waals surface area contributed by atoms with Crippen LogP contribution < -0.4 is 10.5 Å². The number of benzene rings is 2. The highest BCUT2D eigenvalue weighted by molar-refractivity contribution is 5.51. The molecule has 1 aromatic heterocycles. The number of aromatic nitrogens is 2. The van der Waals surface area contributed by atoms with Gasteiger partial charge in [-0.1, -0.05) is 18.2 Å². The van der Waals surface area contributed by atoms with Crippen molar-refractivity contribution in [2.45, 2.75) is 13.5 Å². The van der Waals surface area contributed by atoms with Gasteiger partial charge in [-0.3, -0.25) is 0 Å². The van der Waals surface area contributed by atoms with E-state index in [2.05, 4.69) is 5.10 Å². The molecule has 0 N–H and O–H groups in total. The van der Waals surface area contributed by atoms with Crippen molar-refractivity contribution in [1.82, 2.24) is 9.78 Å². The molecule has 0 unspecified atom stereocenters. The van der Waals surface area contributed by atoms with Crippen molar-refractivity contribution in [3.8, 4) is 17.2 Å². The molecule has 0 spiro atoms. The predicted molar refractivity (Wildman–Crippen MR) is 82.8 cm³/mol. The zero-order valence-corrected chi connectivity index (χ0v) is 12.5. The molecule has 3 rings (SSSR count). The lowest BCUT2D eigenvalue weighted by Gasteiger charge is -2.07. The van der Waals surface area contributed by atoms with Crippen molar-refractivity contribution in [1.29, 1.82) is 0 Å². The zero-order valence-electron chi connectivity index (χ0n) is 12.5. The van der Waals surface area contributed by atoms with Crippen LogP contribution in [0, 0.1) is 12.7 Å². The van der Waals surface area contributed by atoms with E-state index in [-0.39, 0.29) is 18.3 Å². The third-order valence-electron chi connectivity index (χ3n) is 3.35. The summed E-state index contributed by atoms with van der Waals surface area (Å²) in [6.45, 7) is 2.50. The Hall–Kier alpha value is -2.89. The van der Waals surface area contributed by atoms with Gasteiger partial charge in [0.15, 0.2) is 0 Å². The maximum absolute atomic E-state index is 12.9. The minimum atomic E-state index is -0.572. The first-order valence-electron chi connectivity index (χ1n) is 7.16. The van der Waals surface area contributed by atoms with Gasteiger partial charge >= 0.3 is 5.76 Å². The molecule has 0 bridgehead atoms. The Kier molecular flexibility index (Phi) is 4.23. The maximum atomic E-state index is 12.9. The molecule has 0 aliphatic carbocycles. The van der Waals surface area contributed by atoms with Gasteiger partial charge in [-0.15, -0.1) is 5.10 Å². The van der Waals surface area contributed by atoms with Crippen molar-refractivity contribution in [2.75, 3.05) is 6.61 Å². The molecule has 0 aliphatic rings. The molecule has 0 aliphatic heterocycles. The van der Waals surface area contributed by atoms with Gasteiger partial charge in [-0.2, -0.15) is 4.68 Å². The lowest BCUT2D eigenvalue weighted by Crippen LogP contribution is -2.20. The second kappa shape index (κ2) is 6.48. The zero-order chi connectivity index (χ0) is 16.2. The summed E-state index contributed by atoms with van der Waals surface area (Å²) < 4.78 is 24.8. The lowest BCUT2D eigenvalue weighted by molar-refractivity contribution is 0.284. The van der Waals surface area contributed by atoms with Crippen LogP contribution in [0.25, 0.3) is 11.5 Å². The van der Waals surface area contributed by atoms with E-state index in [1.807, 2.05) is 31.2 Å². The van der Waals surface area contributed by atoms with Crippen LogP contribution in [0.5, 0.6) is 5.75 Å². The Morgan fingerprint density at radius 3 is 2.65 bits per heavy atom. The van der Waals surface area contributed by atoms with Crippen LogP contribution in [0.3, 0.4) is 0 Å². The van der Waals surface area contributed by atoms with Gasteiger partial charge in [0.25, 0.3) is 0 Å². The van der Waals surface area contributed by atoms with Crippen molar-refractivity contribution in [3.05, 3.63) is 70.5 Å². The number of nitrogens with zero attached hydrogens (tertiary/aromatic N) is 2. The third kappa shape index (κ3) is 3.48. The monoisotopic (exact) mass is 314 g/mol. The standard InChI is InChI=1S/C17H15FN2O3/c1-12-4-2-3-5-15(12)22-11-10-20-17(21)23-16(19-20)13-6-8-14(18)9-7-13/h2-9H,10-11H2,1H3. The molecule has 23 heavy (non-hydrogen) atoms. The van der Waals surface area contributed by atoms with Crippen LogP contribution in [0.2, 0.25) is 0 Å². The van der Waals surface area contributed by atoms with Gasteiger partial charge in [-0.25, -0.2) is 9.18 Å². The minimum absolute atomic E-state index is 0.158. The molecule has 118 valence electrons. The van der Waals surface area contributed by atoms with E-state index < -0.39 is 5.76 Å². The van der Waals surface area contributed by atoms with Crippen molar-refractivity contribution in [3.63, 3.8) is 0 Å². The van der Waals surface area contributed by atoms with E-state index >= 15 is 0 Å². The predicted octanol–water partition coefficient (Wildman–Crippen LogP) is 3.03. The second-order valence-electron chi connectivity index (χ2n) is 5.02. The quantitative estimate of drug-likeness (QED) is 0.726. The summed E-state index contributed by atoms with van der Waals surface area (Å²) >= 11 is 0. The van der Waals surface area contributed by atoms with Crippen LogP contribution in [-0.2, 0) is 6.54 Å². The van der Waals surface area contributed by atoms with Crippen molar-refractivity contribution in [2.24, 2.45) is 0 Å². The molecule has 0 atom stereocenters. The lowest BCUT2D eigenvalue weighted by atomic mass is 10.2. The molecular weight excluding hydrogens is 299 g/mol. The Balaban J connectivity index is 1.68. The minimum Gasteiger partial charge on any atom is -0.491 e. The molecule has 5 nitrogen and oxygen atoms in total. The largest absolute Gasteiger partial charge is 0.491 e. The molecule has 1 heterocycles. The van der Waals surface area contributed by atoms with E-state index in [0.717, 1.165) is 11.3 Å². The molecule has 2 aromatic carbocycles. The number of para-hydroxylation sites is 1. The molecule has 0 saturated carbocycles. The molecule has 0 fully saturated rings. The normalized spacial score (nSPS) is 10.7. The van der Waals surface area contributed by atoms with E-state index in [9.17, 15) is 9.18 Å². The molecule has 0 radical (unpaired) electrons. The van der Waals surface area contributed by atoms with Crippen molar-refractivity contribution < 1.29 is 13.5 Å². The Bertz CT molecular complexity index is 853. The van der Waals surface area contributed by atoms with Gasteiger partial charge in [0.2, 0.25) is 5.89 Å². The van der Waals surface area contributed by atoms with Crippen LogP contribution in [0.4, 0.5) is 4.39 Å². The second-order valence-corrected chi connectivity index (χ2v) is 5.02. The number of rotatable bonds is 5.